The predicted molar refractivity (Wildman–Crippen MR) is 96.8 cm³/mol. The van der Waals surface area contributed by atoms with E-state index in [0.717, 1.165) is 12.3 Å². The third-order valence-electron chi connectivity index (χ3n) is 4.22. The number of benzene rings is 1. The van der Waals surface area contributed by atoms with E-state index in [1.165, 1.54) is 0 Å². The van der Waals surface area contributed by atoms with Gasteiger partial charge < -0.3 is 20.5 Å². The van der Waals surface area contributed by atoms with Crippen LogP contribution in [-0.2, 0) is 20.4 Å². The standard InChI is InChI=1S/C16H19F2N4O6P/c17-16(18)13(23)11(28-14(16)22-7-6-12(19)21-15(22)24)9-27-29(25,26)20-8-10-4-2-1-3-5-10/h1-7,11,13-14,23H,8-9H2,(H2,19,21,24)(H2,20,25,26)/t11-,13-,14-/m1/s1. The average Bonchev–Trinajstić information content (AvgIpc) is 2.89. The van der Waals surface area contributed by atoms with Crippen LogP contribution in [0.25, 0.3) is 0 Å². The van der Waals surface area contributed by atoms with Crippen LogP contribution in [0.2, 0.25) is 0 Å². The number of hydrogen-bond donors (Lipinski definition) is 4. The summed E-state index contributed by atoms with van der Waals surface area (Å²) in [5, 5.41) is 12.2. The van der Waals surface area contributed by atoms with Crippen molar-refractivity contribution in [2.24, 2.45) is 0 Å². The molecule has 5 N–H and O–H groups in total. The Morgan fingerprint density at radius 3 is 2.69 bits per heavy atom. The van der Waals surface area contributed by atoms with Gasteiger partial charge in [-0.1, -0.05) is 30.3 Å². The minimum Gasteiger partial charge on any atom is -0.384 e. The van der Waals surface area contributed by atoms with Gasteiger partial charge in [0.15, 0.2) is 6.10 Å². The number of rotatable bonds is 7. The van der Waals surface area contributed by atoms with Gasteiger partial charge in [0.1, 0.15) is 11.9 Å². The summed E-state index contributed by atoms with van der Waals surface area (Å²) in [6, 6.07) is 9.78. The molecule has 0 bridgehead atoms. The van der Waals surface area contributed by atoms with E-state index < -0.39 is 44.4 Å². The number of nitrogen functional groups attached to an aromatic ring is 1. The lowest BCUT2D eigenvalue weighted by Gasteiger charge is -2.20. The Morgan fingerprint density at radius 1 is 1.34 bits per heavy atom. The van der Waals surface area contributed by atoms with Crippen LogP contribution in [0.4, 0.5) is 14.6 Å². The van der Waals surface area contributed by atoms with Crippen LogP contribution < -0.4 is 16.5 Å². The molecule has 1 saturated heterocycles. The third kappa shape index (κ3) is 4.86. The summed E-state index contributed by atoms with van der Waals surface area (Å²) in [4.78, 5) is 25.0. The highest BCUT2D eigenvalue weighted by Crippen LogP contribution is 2.44. The topological polar surface area (TPSA) is 149 Å². The van der Waals surface area contributed by atoms with Crippen molar-refractivity contribution in [3.63, 3.8) is 0 Å². The zero-order valence-electron chi connectivity index (χ0n) is 14.9. The monoisotopic (exact) mass is 432 g/mol. The molecular weight excluding hydrogens is 413 g/mol. The van der Waals surface area contributed by atoms with Crippen molar-refractivity contribution in [3.05, 3.63) is 58.6 Å². The van der Waals surface area contributed by atoms with E-state index >= 15 is 0 Å². The molecule has 1 unspecified atom stereocenters. The van der Waals surface area contributed by atoms with E-state index in [1.54, 1.807) is 30.3 Å². The first-order valence-electron chi connectivity index (χ1n) is 8.42. The Balaban J connectivity index is 1.65. The zero-order valence-corrected chi connectivity index (χ0v) is 15.8. The number of anilines is 1. The fraction of sp³-hybridized carbons (Fsp3) is 0.375. The minimum atomic E-state index is -4.37. The molecule has 0 aliphatic carbocycles. The molecule has 1 aliphatic rings. The second kappa shape index (κ2) is 8.27. The number of alkyl halides is 2. The number of aromatic nitrogens is 2. The number of aliphatic hydroxyl groups excluding tert-OH is 1. The molecule has 13 heteroatoms. The molecule has 3 rings (SSSR count). The molecule has 1 fully saturated rings. The summed E-state index contributed by atoms with van der Waals surface area (Å²) >= 11 is 0. The van der Waals surface area contributed by atoms with Gasteiger partial charge in [0.05, 0.1) is 6.61 Å². The maximum Gasteiger partial charge on any atom is 0.403 e. The largest absolute Gasteiger partial charge is 0.403 e. The first kappa shape index (κ1) is 21.5. The van der Waals surface area contributed by atoms with E-state index in [1.807, 2.05) is 0 Å². The van der Waals surface area contributed by atoms with Crippen LogP contribution in [0, 0.1) is 0 Å². The molecule has 10 nitrogen and oxygen atoms in total. The maximum atomic E-state index is 14.4. The van der Waals surface area contributed by atoms with Gasteiger partial charge in [0, 0.05) is 12.7 Å². The van der Waals surface area contributed by atoms with Gasteiger partial charge in [-0.05, 0) is 11.6 Å². The van der Waals surface area contributed by atoms with E-state index in [9.17, 15) is 28.1 Å². The number of nitrogens with two attached hydrogens (primary N) is 1. The number of nitrogens with one attached hydrogen (secondary N) is 1. The molecule has 1 aliphatic heterocycles. The Bertz CT molecular complexity index is 960. The summed E-state index contributed by atoms with van der Waals surface area (Å²) in [6.45, 7) is -0.825. The van der Waals surface area contributed by atoms with E-state index in [4.69, 9.17) is 15.0 Å². The van der Waals surface area contributed by atoms with Crippen molar-refractivity contribution in [1.82, 2.24) is 14.6 Å². The van der Waals surface area contributed by atoms with Crippen LogP contribution in [0.3, 0.4) is 0 Å². The van der Waals surface area contributed by atoms with Gasteiger partial charge in [-0.2, -0.15) is 13.8 Å². The normalized spacial score (nSPS) is 25.6. The van der Waals surface area contributed by atoms with Crippen molar-refractivity contribution in [2.75, 3.05) is 12.3 Å². The highest BCUT2D eigenvalue weighted by molar-refractivity contribution is 7.50. The number of aliphatic hydroxyl groups is 1. The van der Waals surface area contributed by atoms with Gasteiger partial charge in [-0.3, -0.25) is 9.09 Å². The molecule has 158 valence electrons. The summed E-state index contributed by atoms with van der Waals surface area (Å²) in [7, 11) is -4.37. The number of ether oxygens (including phenoxy) is 1. The molecule has 4 atom stereocenters. The van der Waals surface area contributed by atoms with Gasteiger partial charge in [-0.15, -0.1) is 0 Å². The molecular formula is C16H19F2N4O6P. The molecule has 1 aromatic heterocycles. The van der Waals surface area contributed by atoms with Crippen LogP contribution in [0.1, 0.15) is 11.8 Å². The van der Waals surface area contributed by atoms with Crippen molar-refractivity contribution >= 4 is 13.6 Å². The third-order valence-corrected chi connectivity index (χ3v) is 5.28. The highest BCUT2D eigenvalue weighted by Gasteiger charge is 2.60. The maximum absolute atomic E-state index is 14.4. The Morgan fingerprint density at radius 2 is 2.03 bits per heavy atom. The molecule has 0 saturated carbocycles. The van der Waals surface area contributed by atoms with E-state index in [0.29, 0.717) is 10.1 Å². The van der Waals surface area contributed by atoms with Crippen molar-refractivity contribution in [3.8, 4) is 0 Å². The van der Waals surface area contributed by atoms with Crippen molar-refractivity contribution < 1.29 is 32.6 Å². The van der Waals surface area contributed by atoms with Gasteiger partial charge in [0.25, 0.3) is 0 Å². The smallest absolute Gasteiger partial charge is 0.384 e. The van der Waals surface area contributed by atoms with Gasteiger partial charge >= 0.3 is 19.4 Å². The predicted octanol–water partition coefficient (Wildman–Crippen LogP) is 0.626. The Hall–Kier alpha value is -2.21. The van der Waals surface area contributed by atoms with Gasteiger partial charge in [-0.25, -0.2) is 14.4 Å². The van der Waals surface area contributed by atoms with Crippen LogP contribution >= 0.6 is 7.75 Å². The highest BCUT2D eigenvalue weighted by atomic mass is 31.2. The molecule has 1 aromatic carbocycles. The zero-order chi connectivity index (χ0) is 21.2. The molecule has 29 heavy (non-hydrogen) atoms. The molecule has 2 heterocycles. The number of nitrogens with zero attached hydrogens (tertiary/aromatic N) is 2. The fourth-order valence-corrected chi connectivity index (χ4v) is 3.54. The second-order valence-electron chi connectivity index (χ2n) is 6.33. The lowest BCUT2D eigenvalue weighted by Crippen LogP contribution is -2.42. The van der Waals surface area contributed by atoms with Crippen molar-refractivity contribution in [2.45, 2.75) is 30.9 Å². The van der Waals surface area contributed by atoms with Crippen LogP contribution in [0.15, 0.2) is 47.4 Å². The number of hydrogen-bond acceptors (Lipinski definition) is 7. The van der Waals surface area contributed by atoms with Crippen molar-refractivity contribution in [1.29, 1.82) is 0 Å². The summed E-state index contributed by atoms with van der Waals surface area (Å²) in [5.74, 6) is -4.05. The quantitative estimate of drug-likeness (QED) is 0.462. The average molecular weight is 432 g/mol. The Kier molecular flexibility index (Phi) is 6.13. The van der Waals surface area contributed by atoms with Crippen LogP contribution in [-0.4, -0.2) is 44.3 Å². The van der Waals surface area contributed by atoms with Gasteiger partial charge in [0.2, 0.25) is 6.23 Å². The summed E-state index contributed by atoms with van der Waals surface area (Å²) in [6.07, 6.45) is -5.27. The molecule has 0 spiro atoms. The SMILES string of the molecule is Nc1ccn([C@@H]2O[C@H](COP(=O)(O)NCc3ccccc3)[C@@H](O)C2(F)F)c(=O)n1. The molecule has 2 aromatic rings. The lowest BCUT2D eigenvalue weighted by atomic mass is 10.1. The van der Waals surface area contributed by atoms with Crippen LogP contribution in [0.5, 0.6) is 0 Å². The van der Waals surface area contributed by atoms with E-state index in [2.05, 4.69) is 10.1 Å². The molecule has 0 amide bonds. The first-order chi connectivity index (χ1) is 13.6. The molecule has 0 radical (unpaired) electrons. The van der Waals surface area contributed by atoms with E-state index in [-0.39, 0.29) is 12.4 Å². The second-order valence-corrected chi connectivity index (χ2v) is 7.94. The Labute approximate surface area is 163 Å². The lowest BCUT2D eigenvalue weighted by molar-refractivity contribution is -0.140. The summed E-state index contributed by atoms with van der Waals surface area (Å²) in [5.41, 5.74) is 4.93. The number of halogens is 2. The summed E-state index contributed by atoms with van der Waals surface area (Å²) < 4.78 is 51.2. The minimum absolute atomic E-state index is 0.00597. The first-order valence-corrected chi connectivity index (χ1v) is 10.0. The fourth-order valence-electron chi connectivity index (χ4n) is 2.72.